The second-order valence-corrected chi connectivity index (χ2v) is 7.72. The Bertz CT molecular complexity index is 721. The molecule has 0 saturated carbocycles. The molecule has 2 aromatic carbocycles. The number of anilines is 1. The minimum Gasteiger partial charge on any atom is -0.378 e. The summed E-state index contributed by atoms with van der Waals surface area (Å²) in [5, 5.41) is 6.74. The molecule has 1 aliphatic heterocycles. The lowest BCUT2D eigenvalue weighted by molar-refractivity contribution is 0.122. The van der Waals surface area contributed by atoms with Gasteiger partial charge in [0.1, 0.15) is 0 Å². The van der Waals surface area contributed by atoms with E-state index in [1.54, 1.807) is 0 Å². The normalized spacial score (nSPS) is 14.2. The van der Waals surface area contributed by atoms with Gasteiger partial charge in [-0.1, -0.05) is 30.3 Å². The lowest BCUT2D eigenvalue weighted by Crippen LogP contribution is -2.38. The van der Waals surface area contributed by atoms with E-state index in [2.05, 4.69) is 71.0 Å². The molecule has 1 fully saturated rings. The average molecular weight is 526 g/mol. The van der Waals surface area contributed by atoms with Crippen LogP contribution in [0.2, 0.25) is 0 Å². The van der Waals surface area contributed by atoms with E-state index >= 15 is 0 Å². The van der Waals surface area contributed by atoms with Crippen LogP contribution in [0.15, 0.2) is 64.5 Å². The second kappa shape index (κ2) is 13.7. The van der Waals surface area contributed by atoms with Crippen LogP contribution in [0, 0.1) is 0 Å². The molecule has 2 aromatic rings. The van der Waals surface area contributed by atoms with Crippen LogP contribution >= 0.6 is 35.7 Å². The zero-order valence-electron chi connectivity index (χ0n) is 17.0. The van der Waals surface area contributed by atoms with Crippen molar-refractivity contribution in [3.8, 4) is 0 Å². The van der Waals surface area contributed by atoms with Gasteiger partial charge >= 0.3 is 0 Å². The highest BCUT2D eigenvalue weighted by atomic mass is 127. The Morgan fingerprint density at radius 3 is 2.45 bits per heavy atom. The van der Waals surface area contributed by atoms with Gasteiger partial charge in [-0.25, -0.2) is 4.99 Å². The number of benzene rings is 2. The molecular weight excluding hydrogens is 495 g/mol. The third kappa shape index (κ3) is 8.44. The number of nitrogens with zero attached hydrogens (tertiary/aromatic N) is 2. The first kappa shape index (κ1) is 23.8. The Kier molecular flexibility index (Phi) is 11.3. The quantitative estimate of drug-likeness (QED) is 0.179. The molecule has 1 saturated heterocycles. The molecule has 3 rings (SSSR count). The van der Waals surface area contributed by atoms with Gasteiger partial charge in [0.25, 0.3) is 0 Å². The Balaban J connectivity index is 0.00000300. The fourth-order valence-electron chi connectivity index (χ4n) is 3.00. The summed E-state index contributed by atoms with van der Waals surface area (Å²) < 4.78 is 5.42. The van der Waals surface area contributed by atoms with E-state index in [1.165, 1.54) is 16.1 Å². The molecule has 0 unspecified atom stereocenters. The fraction of sp³-hybridized carbons (Fsp3) is 0.409. The molecule has 158 valence electrons. The first-order valence-corrected chi connectivity index (χ1v) is 11.0. The molecule has 1 aliphatic rings. The van der Waals surface area contributed by atoms with Crippen LogP contribution in [-0.2, 0) is 11.3 Å². The van der Waals surface area contributed by atoms with Crippen LogP contribution in [-0.4, -0.2) is 51.1 Å². The molecule has 2 N–H and O–H groups in total. The molecule has 29 heavy (non-hydrogen) atoms. The van der Waals surface area contributed by atoms with E-state index < -0.39 is 0 Å². The van der Waals surface area contributed by atoms with Crippen LogP contribution < -0.4 is 15.5 Å². The summed E-state index contributed by atoms with van der Waals surface area (Å²) in [7, 11) is 0. The van der Waals surface area contributed by atoms with Gasteiger partial charge in [0.15, 0.2) is 5.96 Å². The molecule has 0 amide bonds. The molecule has 0 atom stereocenters. The highest BCUT2D eigenvalue weighted by Crippen LogP contribution is 2.17. The Labute approximate surface area is 195 Å². The lowest BCUT2D eigenvalue weighted by Gasteiger charge is -2.28. The van der Waals surface area contributed by atoms with Gasteiger partial charge in [-0.15, -0.1) is 35.7 Å². The highest BCUT2D eigenvalue weighted by Gasteiger charge is 2.10. The smallest absolute Gasteiger partial charge is 0.191 e. The molecule has 0 bridgehead atoms. The van der Waals surface area contributed by atoms with Gasteiger partial charge in [-0.3, -0.25) is 0 Å². The van der Waals surface area contributed by atoms with Crippen molar-refractivity contribution >= 4 is 47.4 Å². The highest BCUT2D eigenvalue weighted by molar-refractivity contribution is 14.0. The van der Waals surface area contributed by atoms with Crippen LogP contribution in [0.4, 0.5) is 5.69 Å². The number of halogens is 1. The predicted molar refractivity (Wildman–Crippen MR) is 135 cm³/mol. The van der Waals surface area contributed by atoms with Gasteiger partial charge < -0.3 is 20.3 Å². The maximum absolute atomic E-state index is 5.42. The molecule has 0 radical (unpaired) electrons. The van der Waals surface area contributed by atoms with E-state index in [0.29, 0.717) is 6.54 Å². The van der Waals surface area contributed by atoms with Crippen molar-refractivity contribution in [2.75, 3.05) is 50.0 Å². The summed E-state index contributed by atoms with van der Waals surface area (Å²) in [5.74, 6) is 1.87. The van der Waals surface area contributed by atoms with E-state index in [9.17, 15) is 0 Å². The molecule has 0 aromatic heterocycles. The number of thioether (sulfide) groups is 1. The number of hydrogen-bond donors (Lipinski definition) is 2. The first-order chi connectivity index (χ1) is 13.8. The molecule has 1 heterocycles. The van der Waals surface area contributed by atoms with Crippen molar-refractivity contribution in [3.63, 3.8) is 0 Å². The minimum absolute atomic E-state index is 0. The van der Waals surface area contributed by atoms with E-state index in [1.807, 2.05) is 17.8 Å². The van der Waals surface area contributed by atoms with E-state index in [4.69, 9.17) is 9.73 Å². The topological polar surface area (TPSA) is 48.9 Å². The lowest BCUT2D eigenvalue weighted by atomic mass is 10.2. The Morgan fingerprint density at radius 2 is 1.76 bits per heavy atom. The van der Waals surface area contributed by atoms with Crippen LogP contribution in [0.1, 0.15) is 12.5 Å². The van der Waals surface area contributed by atoms with Crippen LogP contribution in [0.25, 0.3) is 0 Å². The largest absolute Gasteiger partial charge is 0.378 e. The zero-order chi connectivity index (χ0) is 19.4. The van der Waals surface area contributed by atoms with Crippen molar-refractivity contribution in [2.45, 2.75) is 18.4 Å². The zero-order valence-corrected chi connectivity index (χ0v) is 20.1. The van der Waals surface area contributed by atoms with Crippen molar-refractivity contribution in [3.05, 3.63) is 60.2 Å². The number of aliphatic imine (C=N–C) groups is 1. The summed E-state index contributed by atoms with van der Waals surface area (Å²) >= 11 is 1.85. The Morgan fingerprint density at radius 1 is 1.03 bits per heavy atom. The first-order valence-electron chi connectivity index (χ1n) is 9.97. The molecular formula is C22H31IN4OS. The van der Waals surface area contributed by atoms with Gasteiger partial charge in [0.05, 0.1) is 19.8 Å². The Hall–Kier alpha value is -1.45. The van der Waals surface area contributed by atoms with Crippen molar-refractivity contribution in [1.82, 2.24) is 10.6 Å². The minimum atomic E-state index is 0. The average Bonchev–Trinajstić information content (AvgIpc) is 2.76. The van der Waals surface area contributed by atoms with Gasteiger partial charge in [0, 0.05) is 42.5 Å². The molecule has 7 heteroatoms. The summed E-state index contributed by atoms with van der Waals surface area (Å²) in [5.41, 5.74) is 2.48. The number of rotatable bonds is 8. The molecule has 0 spiro atoms. The van der Waals surface area contributed by atoms with Gasteiger partial charge in [0.2, 0.25) is 0 Å². The third-order valence-electron chi connectivity index (χ3n) is 4.48. The van der Waals surface area contributed by atoms with Crippen molar-refractivity contribution in [2.24, 2.45) is 4.99 Å². The van der Waals surface area contributed by atoms with Crippen LogP contribution in [0.3, 0.4) is 0 Å². The van der Waals surface area contributed by atoms with Gasteiger partial charge in [-0.05, 0) is 36.8 Å². The van der Waals surface area contributed by atoms with Gasteiger partial charge in [-0.2, -0.15) is 0 Å². The molecule has 5 nitrogen and oxygen atoms in total. The maximum atomic E-state index is 5.42. The second-order valence-electron chi connectivity index (χ2n) is 6.55. The third-order valence-corrected chi connectivity index (χ3v) is 5.50. The van der Waals surface area contributed by atoms with Crippen molar-refractivity contribution in [1.29, 1.82) is 0 Å². The molecule has 0 aliphatic carbocycles. The summed E-state index contributed by atoms with van der Waals surface area (Å²) in [4.78, 5) is 8.39. The number of ether oxygens (including phenoxy) is 1. The summed E-state index contributed by atoms with van der Waals surface area (Å²) in [6.45, 7) is 8.05. The number of hydrogen-bond acceptors (Lipinski definition) is 4. The van der Waals surface area contributed by atoms with Crippen LogP contribution in [0.5, 0.6) is 0 Å². The van der Waals surface area contributed by atoms with E-state index in [0.717, 1.165) is 51.1 Å². The summed E-state index contributed by atoms with van der Waals surface area (Å²) in [6.07, 6.45) is 0. The SMILES string of the molecule is CCNC(=NCc1ccc(N2CCOCC2)cc1)NCCSc1ccccc1.I. The monoisotopic (exact) mass is 526 g/mol. The number of morpholine rings is 1. The maximum Gasteiger partial charge on any atom is 0.191 e. The summed E-state index contributed by atoms with van der Waals surface area (Å²) in [6, 6.07) is 19.2. The predicted octanol–water partition coefficient (Wildman–Crippen LogP) is 3.99. The van der Waals surface area contributed by atoms with E-state index in [-0.39, 0.29) is 24.0 Å². The standard InChI is InChI=1S/C22H30N4OS.HI/c1-2-23-22(24-12-17-28-21-6-4-3-5-7-21)25-18-19-8-10-20(11-9-19)26-13-15-27-16-14-26;/h3-11H,2,12-18H2,1H3,(H2,23,24,25);1H. The number of guanidine groups is 1. The fourth-order valence-corrected chi connectivity index (χ4v) is 3.79. The number of nitrogens with one attached hydrogen (secondary N) is 2. The van der Waals surface area contributed by atoms with Crippen molar-refractivity contribution < 1.29 is 4.74 Å².